The number of benzene rings is 2. The Bertz CT molecular complexity index is 616. The van der Waals surface area contributed by atoms with Gasteiger partial charge >= 0.3 is 0 Å². The Morgan fingerprint density at radius 2 is 1.55 bits per heavy atom. The van der Waals surface area contributed by atoms with Gasteiger partial charge in [0.05, 0.1) is 19.4 Å². The Balaban J connectivity index is 1.73. The molecule has 2 aromatic rings. The van der Waals surface area contributed by atoms with Crippen molar-refractivity contribution < 1.29 is 4.74 Å². The highest BCUT2D eigenvalue weighted by molar-refractivity contribution is 5.77. The molecular weight excluding hydrogens is 272 g/mol. The van der Waals surface area contributed by atoms with E-state index in [0.717, 1.165) is 48.6 Å². The molecule has 22 heavy (non-hydrogen) atoms. The Morgan fingerprint density at radius 3 is 2.18 bits per heavy atom. The lowest BCUT2D eigenvalue weighted by Crippen LogP contribution is -2.42. The molecule has 2 N–H and O–H groups in total. The van der Waals surface area contributed by atoms with Crippen LogP contribution in [0.4, 0.5) is 0 Å². The molecule has 0 saturated carbocycles. The Morgan fingerprint density at radius 1 is 0.955 bits per heavy atom. The first-order valence-electron chi connectivity index (χ1n) is 7.68. The van der Waals surface area contributed by atoms with Crippen molar-refractivity contribution >= 4 is 5.57 Å². The molecule has 1 aliphatic rings. The summed E-state index contributed by atoms with van der Waals surface area (Å²) >= 11 is 0. The first-order valence-corrected chi connectivity index (χ1v) is 7.68. The van der Waals surface area contributed by atoms with Crippen LogP contribution in [0.5, 0.6) is 0 Å². The Hall–Kier alpha value is -1.94. The summed E-state index contributed by atoms with van der Waals surface area (Å²) < 4.78 is 5.38. The molecule has 0 amide bonds. The molecule has 0 spiro atoms. The van der Waals surface area contributed by atoms with Crippen LogP contribution in [0.15, 0.2) is 61.2 Å². The van der Waals surface area contributed by atoms with Crippen LogP contribution in [0.2, 0.25) is 0 Å². The average molecular weight is 294 g/mol. The molecule has 1 fully saturated rings. The maximum Gasteiger partial charge on any atom is 0.0837 e. The highest BCUT2D eigenvalue weighted by atomic mass is 16.5. The summed E-state index contributed by atoms with van der Waals surface area (Å²) in [7, 11) is 0. The fraction of sp³-hybridized carbons (Fsp3) is 0.263. The van der Waals surface area contributed by atoms with Gasteiger partial charge in [0.15, 0.2) is 0 Å². The minimum absolute atomic E-state index is 0.0667. The molecule has 0 radical (unpaired) electrons. The molecule has 0 aromatic heterocycles. The molecule has 3 heteroatoms. The molecule has 3 rings (SSSR count). The monoisotopic (exact) mass is 294 g/mol. The molecule has 1 aliphatic heterocycles. The minimum atomic E-state index is -0.0667. The average Bonchev–Trinajstić information content (AvgIpc) is 2.62. The van der Waals surface area contributed by atoms with Crippen molar-refractivity contribution in [3.05, 3.63) is 77.9 Å². The van der Waals surface area contributed by atoms with Gasteiger partial charge in [0.25, 0.3) is 0 Å². The van der Waals surface area contributed by atoms with Crippen LogP contribution in [-0.2, 0) is 4.74 Å². The van der Waals surface area contributed by atoms with Crippen LogP contribution in [0.25, 0.3) is 5.57 Å². The number of nitrogens with two attached hydrogens (primary N) is 1. The third kappa shape index (κ3) is 3.28. The molecule has 1 unspecified atom stereocenters. The first-order chi connectivity index (χ1) is 10.8. The summed E-state index contributed by atoms with van der Waals surface area (Å²) in [6.45, 7) is 7.50. The number of morpholine rings is 1. The van der Waals surface area contributed by atoms with E-state index in [-0.39, 0.29) is 6.17 Å². The lowest BCUT2D eigenvalue weighted by atomic mass is 9.98. The van der Waals surface area contributed by atoms with Crippen molar-refractivity contribution in [1.82, 2.24) is 4.90 Å². The lowest BCUT2D eigenvalue weighted by molar-refractivity contribution is 0.0173. The van der Waals surface area contributed by atoms with Crippen molar-refractivity contribution in [1.29, 1.82) is 0 Å². The highest BCUT2D eigenvalue weighted by Gasteiger charge is 2.18. The van der Waals surface area contributed by atoms with Gasteiger partial charge in [-0.1, -0.05) is 61.2 Å². The highest BCUT2D eigenvalue weighted by Crippen LogP contribution is 2.24. The van der Waals surface area contributed by atoms with Gasteiger partial charge in [0.2, 0.25) is 0 Å². The SMILES string of the molecule is C=C(c1ccccc1)c1ccc(C(N)N2CCOCC2)cc1. The third-order valence-electron chi connectivity index (χ3n) is 4.16. The molecule has 2 aromatic carbocycles. The minimum Gasteiger partial charge on any atom is -0.379 e. The quantitative estimate of drug-likeness (QED) is 0.942. The predicted molar refractivity (Wildman–Crippen MR) is 90.3 cm³/mol. The van der Waals surface area contributed by atoms with Gasteiger partial charge in [-0.25, -0.2) is 0 Å². The summed E-state index contributed by atoms with van der Waals surface area (Å²) in [5.41, 5.74) is 10.8. The molecule has 114 valence electrons. The molecule has 3 nitrogen and oxygen atoms in total. The van der Waals surface area contributed by atoms with Crippen molar-refractivity contribution in [2.24, 2.45) is 5.73 Å². The number of hydrogen-bond acceptors (Lipinski definition) is 3. The molecule has 1 saturated heterocycles. The van der Waals surface area contributed by atoms with E-state index in [0.29, 0.717) is 0 Å². The maximum atomic E-state index is 6.35. The van der Waals surface area contributed by atoms with Gasteiger partial charge in [0.1, 0.15) is 0 Å². The summed E-state index contributed by atoms with van der Waals surface area (Å²) in [5.74, 6) is 0. The number of rotatable bonds is 4. The van der Waals surface area contributed by atoms with E-state index < -0.39 is 0 Å². The summed E-state index contributed by atoms with van der Waals surface area (Å²) in [4.78, 5) is 2.25. The van der Waals surface area contributed by atoms with E-state index in [1.165, 1.54) is 0 Å². The summed E-state index contributed by atoms with van der Waals surface area (Å²) in [5, 5.41) is 0. The van der Waals surface area contributed by atoms with E-state index in [4.69, 9.17) is 10.5 Å². The van der Waals surface area contributed by atoms with Crippen LogP contribution in [-0.4, -0.2) is 31.2 Å². The number of nitrogens with zero attached hydrogens (tertiary/aromatic N) is 1. The summed E-state index contributed by atoms with van der Waals surface area (Å²) in [6.07, 6.45) is -0.0667. The Kier molecular flexibility index (Phi) is 4.68. The van der Waals surface area contributed by atoms with Crippen molar-refractivity contribution in [2.45, 2.75) is 6.17 Å². The molecule has 1 heterocycles. The van der Waals surface area contributed by atoms with Gasteiger partial charge in [-0.2, -0.15) is 0 Å². The van der Waals surface area contributed by atoms with Gasteiger partial charge in [-0.15, -0.1) is 0 Å². The third-order valence-corrected chi connectivity index (χ3v) is 4.16. The molecule has 1 atom stereocenters. The summed E-state index contributed by atoms with van der Waals surface area (Å²) in [6, 6.07) is 18.6. The van der Waals surface area contributed by atoms with E-state index in [1.54, 1.807) is 0 Å². The normalized spacial score (nSPS) is 17.1. The van der Waals surface area contributed by atoms with E-state index in [2.05, 4.69) is 47.9 Å². The molecular formula is C19H22N2O. The zero-order chi connectivity index (χ0) is 15.4. The second kappa shape index (κ2) is 6.88. The molecule has 0 aliphatic carbocycles. The smallest absolute Gasteiger partial charge is 0.0837 e. The van der Waals surface area contributed by atoms with Crippen molar-refractivity contribution in [2.75, 3.05) is 26.3 Å². The lowest BCUT2D eigenvalue weighted by Gasteiger charge is -2.32. The zero-order valence-electron chi connectivity index (χ0n) is 12.7. The van der Waals surface area contributed by atoms with Crippen molar-refractivity contribution in [3.63, 3.8) is 0 Å². The van der Waals surface area contributed by atoms with Crippen LogP contribution >= 0.6 is 0 Å². The number of ether oxygens (including phenoxy) is 1. The standard InChI is InChI=1S/C19H22N2O/c1-15(16-5-3-2-4-6-16)17-7-9-18(10-8-17)19(20)21-11-13-22-14-12-21/h2-10,19H,1,11-14,20H2. The van der Waals surface area contributed by atoms with Gasteiger partial charge in [-0.05, 0) is 22.3 Å². The largest absolute Gasteiger partial charge is 0.379 e. The maximum absolute atomic E-state index is 6.35. The van der Waals surface area contributed by atoms with Gasteiger partial charge in [-0.3, -0.25) is 4.90 Å². The van der Waals surface area contributed by atoms with Gasteiger partial charge < -0.3 is 10.5 Å². The van der Waals surface area contributed by atoms with E-state index >= 15 is 0 Å². The second-order valence-corrected chi connectivity index (χ2v) is 5.56. The van der Waals surface area contributed by atoms with Crippen LogP contribution in [0.3, 0.4) is 0 Å². The Labute approximate surface area is 132 Å². The zero-order valence-corrected chi connectivity index (χ0v) is 12.7. The predicted octanol–water partition coefficient (Wildman–Crippen LogP) is 3.04. The van der Waals surface area contributed by atoms with Gasteiger partial charge in [0, 0.05) is 13.1 Å². The molecule has 0 bridgehead atoms. The fourth-order valence-electron chi connectivity index (χ4n) is 2.75. The van der Waals surface area contributed by atoms with E-state index in [1.807, 2.05) is 18.2 Å². The van der Waals surface area contributed by atoms with Crippen LogP contribution in [0, 0.1) is 0 Å². The van der Waals surface area contributed by atoms with Crippen LogP contribution in [0.1, 0.15) is 22.9 Å². The van der Waals surface area contributed by atoms with E-state index in [9.17, 15) is 0 Å². The van der Waals surface area contributed by atoms with Crippen LogP contribution < -0.4 is 5.73 Å². The second-order valence-electron chi connectivity index (χ2n) is 5.56. The topological polar surface area (TPSA) is 38.5 Å². The number of hydrogen-bond donors (Lipinski definition) is 1. The fourth-order valence-corrected chi connectivity index (χ4v) is 2.75. The van der Waals surface area contributed by atoms with Crippen molar-refractivity contribution in [3.8, 4) is 0 Å². The first kappa shape index (κ1) is 15.0.